The average Bonchev–Trinajstić information content (AvgIpc) is 3.17. The summed E-state index contributed by atoms with van der Waals surface area (Å²) < 4.78 is 7.68. The van der Waals surface area contributed by atoms with Crippen LogP contribution < -0.4 is 4.74 Å². The molecule has 0 aliphatic rings. The number of imidazole rings is 1. The van der Waals surface area contributed by atoms with Crippen LogP contribution in [0.5, 0.6) is 5.75 Å². The van der Waals surface area contributed by atoms with Crippen LogP contribution in [0.15, 0.2) is 73.1 Å². The van der Waals surface area contributed by atoms with Crippen LogP contribution in [0.4, 0.5) is 0 Å². The summed E-state index contributed by atoms with van der Waals surface area (Å²) in [6.45, 7) is 4.87. The molecule has 142 valence electrons. The SMILES string of the molecule is CCOc1ccc(-c2cnc3cc(CCc4ccc(CC)cc4)ccn23)cc1. The molecule has 0 radical (unpaired) electrons. The fourth-order valence-corrected chi connectivity index (χ4v) is 3.51. The lowest BCUT2D eigenvalue weighted by Gasteiger charge is -2.07. The van der Waals surface area contributed by atoms with Crippen molar-refractivity contribution in [3.05, 3.63) is 89.7 Å². The average molecular weight is 370 g/mol. The monoisotopic (exact) mass is 370 g/mol. The molecule has 0 saturated carbocycles. The van der Waals surface area contributed by atoms with Gasteiger partial charge in [-0.25, -0.2) is 4.98 Å². The third kappa shape index (κ3) is 3.94. The maximum absolute atomic E-state index is 5.54. The fourth-order valence-electron chi connectivity index (χ4n) is 3.51. The van der Waals surface area contributed by atoms with E-state index < -0.39 is 0 Å². The summed E-state index contributed by atoms with van der Waals surface area (Å²) in [7, 11) is 0. The zero-order valence-corrected chi connectivity index (χ0v) is 16.6. The zero-order valence-electron chi connectivity index (χ0n) is 16.6. The number of pyridine rings is 1. The second-order valence-corrected chi connectivity index (χ2v) is 7.03. The van der Waals surface area contributed by atoms with Gasteiger partial charge in [0.05, 0.1) is 18.5 Å². The van der Waals surface area contributed by atoms with Crippen molar-refractivity contribution >= 4 is 5.65 Å². The molecule has 4 rings (SSSR count). The molecular weight excluding hydrogens is 344 g/mol. The molecule has 0 spiro atoms. The van der Waals surface area contributed by atoms with Gasteiger partial charge in [0.15, 0.2) is 0 Å². The Morgan fingerprint density at radius 1 is 0.821 bits per heavy atom. The Bertz CT molecular complexity index is 1050. The first-order valence-corrected chi connectivity index (χ1v) is 10.0. The van der Waals surface area contributed by atoms with Gasteiger partial charge in [0.25, 0.3) is 0 Å². The molecule has 2 heterocycles. The van der Waals surface area contributed by atoms with E-state index in [1.807, 2.05) is 25.3 Å². The highest BCUT2D eigenvalue weighted by Gasteiger charge is 2.07. The molecule has 0 aliphatic heterocycles. The van der Waals surface area contributed by atoms with Crippen LogP contribution in [0.2, 0.25) is 0 Å². The maximum Gasteiger partial charge on any atom is 0.137 e. The molecule has 0 aliphatic carbocycles. The molecular formula is C25H26N2O. The molecule has 0 fully saturated rings. The molecule has 3 heteroatoms. The lowest BCUT2D eigenvalue weighted by Crippen LogP contribution is -1.95. The van der Waals surface area contributed by atoms with Gasteiger partial charge in [0, 0.05) is 11.8 Å². The summed E-state index contributed by atoms with van der Waals surface area (Å²) in [4.78, 5) is 4.62. The Balaban J connectivity index is 1.50. The standard InChI is InChI=1S/C25H26N2O/c1-3-19-5-7-20(8-6-19)9-10-21-15-16-27-24(18-26-25(27)17-21)22-11-13-23(14-12-22)28-4-2/h5-8,11-18H,3-4,9-10H2,1-2H3. The van der Waals surface area contributed by atoms with E-state index in [2.05, 4.69) is 71.0 Å². The molecule has 0 saturated heterocycles. The summed E-state index contributed by atoms with van der Waals surface area (Å²) >= 11 is 0. The Hall–Kier alpha value is -3.07. The Morgan fingerprint density at radius 3 is 2.25 bits per heavy atom. The van der Waals surface area contributed by atoms with Crippen molar-refractivity contribution in [2.24, 2.45) is 0 Å². The van der Waals surface area contributed by atoms with Crippen LogP contribution in [0, 0.1) is 0 Å². The second kappa shape index (κ2) is 8.30. The largest absolute Gasteiger partial charge is 0.494 e. The van der Waals surface area contributed by atoms with Crippen LogP contribution >= 0.6 is 0 Å². The minimum Gasteiger partial charge on any atom is -0.494 e. The van der Waals surface area contributed by atoms with Crippen molar-refractivity contribution < 1.29 is 4.74 Å². The first-order chi connectivity index (χ1) is 13.8. The van der Waals surface area contributed by atoms with E-state index in [1.165, 1.54) is 16.7 Å². The minimum atomic E-state index is 0.681. The van der Waals surface area contributed by atoms with Gasteiger partial charge in [-0.05, 0) is 79.3 Å². The van der Waals surface area contributed by atoms with E-state index in [9.17, 15) is 0 Å². The number of rotatable bonds is 7. The Labute approximate surface area is 166 Å². The van der Waals surface area contributed by atoms with E-state index in [0.29, 0.717) is 6.61 Å². The Morgan fingerprint density at radius 2 is 1.54 bits per heavy atom. The number of aryl methyl sites for hydroxylation is 3. The fraction of sp³-hybridized carbons (Fsp3) is 0.240. The van der Waals surface area contributed by atoms with Gasteiger partial charge in [-0.3, -0.25) is 4.40 Å². The summed E-state index contributed by atoms with van der Waals surface area (Å²) in [6.07, 6.45) is 7.23. The van der Waals surface area contributed by atoms with Crippen LogP contribution in [-0.2, 0) is 19.3 Å². The van der Waals surface area contributed by atoms with Crippen molar-refractivity contribution in [2.75, 3.05) is 6.61 Å². The molecule has 2 aromatic carbocycles. The lowest BCUT2D eigenvalue weighted by atomic mass is 10.0. The number of benzene rings is 2. The van der Waals surface area contributed by atoms with Crippen molar-refractivity contribution in [2.45, 2.75) is 33.1 Å². The summed E-state index contributed by atoms with van der Waals surface area (Å²) in [5.74, 6) is 0.898. The zero-order chi connectivity index (χ0) is 19.3. The summed E-state index contributed by atoms with van der Waals surface area (Å²) in [5, 5.41) is 0. The number of nitrogens with zero attached hydrogens (tertiary/aromatic N) is 2. The first-order valence-electron chi connectivity index (χ1n) is 10.0. The second-order valence-electron chi connectivity index (χ2n) is 7.03. The number of aromatic nitrogens is 2. The van der Waals surface area contributed by atoms with E-state index in [0.717, 1.165) is 41.9 Å². The quantitative estimate of drug-likeness (QED) is 0.414. The molecule has 4 aromatic rings. The summed E-state index contributed by atoms with van der Waals surface area (Å²) in [6, 6.07) is 21.5. The van der Waals surface area contributed by atoms with Crippen molar-refractivity contribution in [3.8, 4) is 17.0 Å². The number of ether oxygens (including phenoxy) is 1. The Kier molecular flexibility index (Phi) is 5.43. The molecule has 0 amide bonds. The molecule has 3 nitrogen and oxygen atoms in total. The number of fused-ring (bicyclic) bond motifs is 1. The number of hydrogen-bond donors (Lipinski definition) is 0. The van der Waals surface area contributed by atoms with Crippen LogP contribution in [0.25, 0.3) is 16.9 Å². The van der Waals surface area contributed by atoms with Gasteiger partial charge in [0.1, 0.15) is 11.4 Å². The van der Waals surface area contributed by atoms with Gasteiger partial charge in [-0.2, -0.15) is 0 Å². The van der Waals surface area contributed by atoms with Crippen molar-refractivity contribution in [3.63, 3.8) is 0 Å². The molecule has 28 heavy (non-hydrogen) atoms. The van der Waals surface area contributed by atoms with Crippen molar-refractivity contribution in [1.82, 2.24) is 9.38 Å². The number of hydrogen-bond acceptors (Lipinski definition) is 2. The van der Waals surface area contributed by atoms with Gasteiger partial charge < -0.3 is 4.74 Å². The highest BCUT2D eigenvalue weighted by atomic mass is 16.5. The lowest BCUT2D eigenvalue weighted by molar-refractivity contribution is 0.340. The first kappa shape index (κ1) is 18.3. The molecule has 2 aromatic heterocycles. The van der Waals surface area contributed by atoms with Gasteiger partial charge >= 0.3 is 0 Å². The highest BCUT2D eigenvalue weighted by molar-refractivity contribution is 5.64. The minimum absolute atomic E-state index is 0.681. The van der Waals surface area contributed by atoms with Gasteiger partial charge in [-0.1, -0.05) is 31.2 Å². The predicted octanol–water partition coefficient (Wildman–Crippen LogP) is 5.75. The normalized spacial score (nSPS) is 11.1. The summed E-state index contributed by atoms with van der Waals surface area (Å²) in [5.41, 5.74) is 7.32. The van der Waals surface area contributed by atoms with E-state index in [1.54, 1.807) is 0 Å². The van der Waals surface area contributed by atoms with Gasteiger partial charge in [-0.15, -0.1) is 0 Å². The van der Waals surface area contributed by atoms with E-state index >= 15 is 0 Å². The van der Waals surface area contributed by atoms with Crippen LogP contribution in [0.3, 0.4) is 0 Å². The van der Waals surface area contributed by atoms with Crippen LogP contribution in [0.1, 0.15) is 30.5 Å². The van der Waals surface area contributed by atoms with Crippen molar-refractivity contribution in [1.29, 1.82) is 0 Å². The van der Waals surface area contributed by atoms with E-state index in [4.69, 9.17) is 4.74 Å². The molecule has 0 bridgehead atoms. The van der Waals surface area contributed by atoms with Crippen LogP contribution in [-0.4, -0.2) is 16.0 Å². The van der Waals surface area contributed by atoms with Gasteiger partial charge in [0.2, 0.25) is 0 Å². The highest BCUT2D eigenvalue weighted by Crippen LogP contribution is 2.24. The topological polar surface area (TPSA) is 26.5 Å². The van der Waals surface area contributed by atoms with E-state index in [-0.39, 0.29) is 0 Å². The smallest absolute Gasteiger partial charge is 0.137 e. The maximum atomic E-state index is 5.54. The third-order valence-corrected chi connectivity index (χ3v) is 5.17. The molecule has 0 atom stereocenters. The molecule has 0 N–H and O–H groups in total. The molecule has 0 unspecified atom stereocenters. The predicted molar refractivity (Wildman–Crippen MR) is 115 cm³/mol. The third-order valence-electron chi connectivity index (χ3n) is 5.17.